The van der Waals surface area contributed by atoms with Crippen LogP contribution < -0.4 is 15.6 Å². The maximum Gasteiger partial charge on any atom is 0.261 e. The van der Waals surface area contributed by atoms with Gasteiger partial charge in [0, 0.05) is 43.1 Å². The quantitative estimate of drug-likeness (QED) is 0.741. The zero-order valence-corrected chi connectivity index (χ0v) is 16.9. The normalized spacial score (nSPS) is 23.4. The molecule has 2 fully saturated rings. The minimum atomic E-state index is -0.983. The molecule has 3 heterocycles. The third-order valence-electron chi connectivity index (χ3n) is 5.41. The summed E-state index contributed by atoms with van der Waals surface area (Å²) in [6.45, 7) is 2.73. The van der Waals surface area contributed by atoms with Crippen LogP contribution in [0.2, 0.25) is 0 Å². The van der Waals surface area contributed by atoms with Crippen molar-refractivity contribution in [1.82, 2.24) is 15.3 Å². The van der Waals surface area contributed by atoms with Crippen LogP contribution in [0.25, 0.3) is 10.9 Å². The van der Waals surface area contributed by atoms with Crippen LogP contribution in [0, 0.1) is 11.7 Å². The number of hydrogen-bond donors (Lipinski definition) is 2. The Balaban J connectivity index is 1.49. The Labute approximate surface area is 171 Å². The number of piperidine rings is 1. The minimum absolute atomic E-state index is 0.0811. The number of aromatic amines is 1. The Morgan fingerprint density at radius 1 is 1.28 bits per heavy atom. The molecule has 6 nitrogen and oxygen atoms in total. The number of nitrogens with zero attached hydrogens (tertiary/aromatic N) is 1. The van der Waals surface area contributed by atoms with Crippen molar-refractivity contribution in [2.45, 2.75) is 36.4 Å². The number of benzene rings is 1. The molecule has 0 radical (unpaired) electrons. The summed E-state index contributed by atoms with van der Waals surface area (Å²) in [5, 5.41) is 3.38. The molecule has 0 amide bonds. The number of aromatic nitrogens is 2. The summed E-state index contributed by atoms with van der Waals surface area (Å²) >= 11 is 1.72. The molecule has 2 aliphatic rings. The molecule has 2 N–H and O–H groups in total. The van der Waals surface area contributed by atoms with Gasteiger partial charge in [0.1, 0.15) is 28.9 Å². The van der Waals surface area contributed by atoms with Gasteiger partial charge in [0.15, 0.2) is 0 Å². The van der Waals surface area contributed by atoms with Crippen molar-refractivity contribution in [2.75, 3.05) is 32.9 Å². The van der Waals surface area contributed by atoms with E-state index in [0.717, 1.165) is 32.6 Å². The van der Waals surface area contributed by atoms with Gasteiger partial charge in [0.05, 0.1) is 17.9 Å². The maximum atomic E-state index is 14.5. The molecular weight excluding hydrogens is 400 g/mol. The standard InChI is InChI=1S/C20H25F2N3O3S/c21-15-7-13(28-10-12-1-4-23-9-16(12)22)8-17-19(15)20(26)25-18(24-17)11-29-14-2-5-27-6-3-14/h7-8,12,14,16,23H,1-6,9-11H2,(H,24,25,26)/t12-,16+/m1/s1. The van der Waals surface area contributed by atoms with Gasteiger partial charge in [-0.05, 0) is 25.8 Å². The van der Waals surface area contributed by atoms with Crippen LogP contribution in [0.3, 0.4) is 0 Å². The number of ether oxygens (including phenoxy) is 2. The average Bonchev–Trinajstić information content (AvgIpc) is 2.72. The van der Waals surface area contributed by atoms with Crippen LogP contribution in [0.4, 0.5) is 8.78 Å². The number of fused-ring (bicyclic) bond motifs is 1. The zero-order chi connectivity index (χ0) is 20.2. The summed E-state index contributed by atoms with van der Waals surface area (Å²) < 4.78 is 39.5. The van der Waals surface area contributed by atoms with Crippen molar-refractivity contribution in [3.8, 4) is 5.75 Å². The average molecular weight is 426 g/mol. The van der Waals surface area contributed by atoms with E-state index in [-0.39, 0.29) is 29.2 Å². The molecule has 1 aromatic heterocycles. The third kappa shape index (κ3) is 5.07. The Hall–Kier alpha value is -1.71. The van der Waals surface area contributed by atoms with Crippen LogP contribution in [0.15, 0.2) is 16.9 Å². The summed E-state index contributed by atoms with van der Waals surface area (Å²) in [5.74, 6) is 0.409. The number of halogens is 2. The largest absolute Gasteiger partial charge is 0.493 e. The van der Waals surface area contributed by atoms with E-state index in [1.54, 1.807) is 17.8 Å². The van der Waals surface area contributed by atoms with Gasteiger partial charge < -0.3 is 19.8 Å². The first-order valence-electron chi connectivity index (χ1n) is 9.99. The second-order valence-electron chi connectivity index (χ2n) is 7.51. The number of hydrogen-bond acceptors (Lipinski definition) is 6. The van der Waals surface area contributed by atoms with Gasteiger partial charge in [-0.15, -0.1) is 0 Å². The minimum Gasteiger partial charge on any atom is -0.493 e. The zero-order valence-electron chi connectivity index (χ0n) is 16.1. The number of rotatable bonds is 6. The smallest absolute Gasteiger partial charge is 0.261 e. The predicted molar refractivity (Wildman–Crippen MR) is 109 cm³/mol. The van der Waals surface area contributed by atoms with Gasteiger partial charge in [-0.25, -0.2) is 13.8 Å². The second-order valence-corrected chi connectivity index (χ2v) is 8.80. The van der Waals surface area contributed by atoms with E-state index in [1.165, 1.54) is 6.07 Å². The molecule has 0 unspecified atom stereocenters. The Bertz CT molecular complexity index is 904. The molecule has 29 heavy (non-hydrogen) atoms. The number of nitrogens with one attached hydrogen (secondary N) is 2. The second kappa shape index (κ2) is 9.40. The van der Waals surface area contributed by atoms with Crippen LogP contribution in [-0.4, -0.2) is 54.3 Å². The molecule has 1 aromatic carbocycles. The highest BCUT2D eigenvalue weighted by Crippen LogP contribution is 2.26. The van der Waals surface area contributed by atoms with E-state index in [1.807, 2.05) is 0 Å². The first kappa shape index (κ1) is 20.6. The van der Waals surface area contributed by atoms with Crippen molar-refractivity contribution in [2.24, 2.45) is 5.92 Å². The maximum absolute atomic E-state index is 14.5. The molecule has 0 spiro atoms. The van der Waals surface area contributed by atoms with Gasteiger partial charge in [0.25, 0.3) is 5.56 Å². The molecule has 2 aliphatic heterocycles. The van der Waals surface area contributed by atoms with Crippen molar-refractivity contribution < 1.29 is 18.3 Å². The van der Waals surface area contributed by atoms with E-state index in [0.29, 0.717) is 29.8 Å². The number of thioether (sulfide) groups is 1. The predicted octanol–water partition coefficient (Wildman–Crippen LogP) is 2.80. The molecule has 0 saturated carbocycles. The lowest BCUT2D eigenvalue weighted by Gasteiger charge is -2.26. The van der Waals surface area contributed by atoms with Crippen LogP contribution in [0.1, 0.15) is 25.1 Å². The highest BCUT2D eigenvalue weighted by Gasteiger charge is 2.25. The molecule has 2 saturated heterocycles. The Kier molecular flexibility index (Phi) is 6.67. The molecular formula is C20H25F2N3O3S. The highest BCUT2D eigenvalue weighted by molar-refractivity contribution is 7.99. The summed E-state index contributed by atoms with van der Waals surface area (Å²) in [7, 11) is 0. The van der Waals surface area contributed by atoms with E-state index < -0.39 is 17.5 Å². The fourth-order valence-corrected chi connectivity index (χ4v) is 4.76. The van der Waals surface area contributed by atoms with E-state index >= 15 is 0 Å². The first-order chi connectivity index (χ1) is 14.1. The lowest BCUT2D eigenvalue weighted by molar-refractivity contribution is 0.1000. The topological polar surface area (TPSA) is 76.2 Å². The fourth-order valence-electron chi connectivity index (χ4n) is 3.70. The van der Waals surface area contributed by atoms with Crippen LogP contribution >= 0.6 is 11.8 Å². The Morgan fingerprint density at radius 2 is 2.10 bits per heavy atom. The molecule has 0 bridgehead atoms. The van der Waals surface area contributed by atoms with Crippen LogP contribution in [0.5, 0.6) is 5.75 Å². The third-order valence-corrected chi connectivity index (χ3v) is 6.80. The van der Waals surface area contributed by atoms with E-state index in [2.05, 4.69) is 15.3 Å². The van der Waals surface area contributed by atoms with Gasteiger partial charge in [-0.3, -0.25) is 4.79 Å². The van der Waals surface area contributed by atoms with E-state index in [9.17, 15) is 13.6 Å². The molecule has 2 atom stereocenters. The number of alkyl halides is 1. The SMILES string of the molecule is O=c1[nH]c(CSC2CCOCC2)nc2cc(OC[C@H]3CCNC[C@@H]3F)cc(F)c12. The first-order valence-corrected chi connectivity index (χ1v) is 11.0. The fraction of sp³-hybridized carbons (Fsp3) is 0.600. The van der Waals surface area contributed by atoms with Crippen molar-refractivity contribution in [3.63, 3.8) is 0 Å². The van der Waals surface area contributed by atoms with Crippen LogP contribution in [-0.2, 0) is 10.5 Å². The van der Waals surface area contributed by atoms with Gasteiger partial charge in [0.2, 0.25) is 0 Å². The van der Waals surface area contributed by atoms with Gasteiger partial charge >= 0.3 is 0 Å². The lowest BCUT2D eigenvalue weighted by atomic mass is 9.97. The summed E-state index contributed by atoms with van der Waals surface area (Å²) in [4.78, 5) is 19.5. The Morgan fingerprint density at radius 3 is 2.90 bits per heavy atom. The summed E-state index contributed by atoms with van der Waals surface area (Å²) in [6, 6.07) is 2.73. The van der Waals surface area contributed by atoms with Gasteiger partial charge in [-0.2, -0.15) is 11.8 Å². The molecule has 0 aliphatic carbocycles. The van der Waals surface area contributed by atoms with Crippen molar-refractivity contribution in [3.05, 3.63) is 34.1 Å². The lowest BCUT2D eigenvalue weighted by Crippen LogP contribution is -2.40. The number of H-pyrrole nitrogens is 1. The van der Waals surface area contributed by atoms with Crippen molar-refractivity contribution in [1.29, 1.82) is 0 Å². The highest BCUT2D eigenvalue weighted by atomic mass is 32.2. The molecule has 2 aromatic rings. The summed E-state index contributed by atoms with van der Waals surface area (Å²) in [5.41, 5.74) is -0.239. The van der Waals surface area contributed by atoms with Gasteiger partial charge in [-0.1, -0.05) is 0 Å². The monoisotopic (exact) mass is 425 g/mol. The molecule has 158 valence electrons. The van der Waals surface area contributed by atoms with Crippen molar-refractivity contribution >= 4 is 22.7 Å². The molecule has 4 rings (SSSR count). The van der Waals surface area contributed by atoms with E-state index in [4.69, 9.17) is 9.47 Å². The summed E-state index contributed by atoms with van der Waals surface area (Å²) in [6.07, 6.45) is 1.63. The molecule has 9 heteroatoms.